The van der Waals surface area contributed by atoms with E-state index >= 15 is 0 Å². The minimum absolute atomic E-state index is 0.608. The second-order valence-corrected chi connectivity index (χ2v) is 3.36. The van der Waals surface area contributed by atoms with Crippen LogP contribution >= 0.6 is 11.3 Å². The highest BCUT2D eigenvalue weighted by molar-refractivity contribution is 7.22. The van der Waals surface area contributed by atoms with Gasteiger partial charge in [-0.1, -0.05) is 25.2 Å². The number of rotatable bonds is 0. The van der Waals surface area contributed by atoms with Crippen molar-refractivity contribution in [3.05, 3.63) is 18.0 Å². The lowest BCUT2D eigenvalue weighted by Gasteiger charge is -1.89. The third-order valence-electron chi connectivity index (χ3n) is 1.51. The molecular formula is C9H13N3S. The Labute approximate surface area is 81.6 Å². The number of pyridine rings is 1. The molecule has 2 heterocycles. The van der Waals surface area contributed by atoms with Gasteiger partial charge in [0, 0.05) is 6.20 Å². The van der Waals surface area contributed by atoms with Crippen LogP contribution in [0.25, 0.3) is 10.2 Å². The molecule has 70 valence electrons. The molecule has 2 aromatic heterocycles. The van der Waals surface area contributed by atoms with E-state index < -0.39 is 0 Å². The molecule has 0 unspecified atom stereocenters. The zero-order valence-corrected chi connectivity index (χ0v) is 8.85. The molecule has 0 radical (unpaired) electrons. The normalized spacial score (nSPS) is 9.46. The summed E-state index contributed by atoms with van der Waals surface area (Å²) >= 11 is 1.49. The van der Waals surface area contributed by atoms with Crippen molar-refractivity contribution in [2.24, 2.45) is 0 Å². The van der Waals surface area contributed by atoms with Gasteiger partial charge in [-0.25, -0.2) is 4.98 Å². The molecule has 0 spiro atoms. The molecule has 0 aliphatic carbocycles. The quantitative estimate of drug-likeness (QED) is 0.703. The Hall–Kier alpha value is -1.16. The number of hydrogen-bond donors (Lipinski definition) is 1. The van der Waals surface area contributed by atoms with Crippen LogP contribution in [0.2, 0.25) is 0 Å². The minimum atomic E-state index is 0.608. The highest BCUT2D eigenvalue weighted by Gasteiger charge is 2.02. The summed E-state index contributed by atoms with van der Waals surface area (Å²) in [5.41, 5.74) is 7.41. The number of nitrogen functional groups attached to an aromatic ring is 1. The molecule has 0 atom stereocenters. The average Bonchev–Trinajstić information content (AvgIpc) is 2.51. The predicted octanol–water partition coefficient (Wildman–Crippen LogP) is 2.61. The zero-order chi connectivity index (χ0) is 9.84. The standard InChI is InChI=1S/C7H7N3S.C2H6/c1-4-6-5(2-3-9-4)11-7(8)10-6;1-2/h2-3H,1H3,(H2,8,10);1-2H3. The summed E-state index contributed by atoms with van der Waals surface area (Å²) < 4.78 is 1.11. The van der Waals surface area contributed by atoms with Gasteiger partial charge >= 0.3 is 0 Å². The predicted molar refractivity (Wildman–Crippen MR) is 57.9 cm³/mol. The van der Waals surface area contributed by atoms with Crippen LogP contribution in [0.4, 0.5) is 5.13 Å². The molecule has 13 heavy (non-hydrogen) atoms. The van der Waals surface area contributed by atoms with Gasteiger partial charge in [-0.05, 0) is 13.0 Å². The van der Waals surface area contributed by atoms with Crippen molar-refractivity contribution >= 4 is 26.7 Å². The van der Waals surface area contributed by atoms with Crippen molar-refractivity contribution in [3.63, 3.8) is 0 Å². The van der Waals surface area contributed by atoms with Gasteiger partial charge < -0.3 is 5.73 Å². The van der Waals surface area contributed by atoms with Crippen LogP contribution in [0.1, 0.15) is 19.5 Å². The first-order chi connectivity index (χ1) is 6.27. The smallest absolute Gasteiger partial charge is 0.181 e. The highest BCUT2D eigenvalue weighted by atomic mass is 32.1. The highest BCUT2D eigenvalue weighted by Crippen LogP contribution is 2.24. The molecule has 0 aromatic carbocycles. The number of nitrogens with two attached hydrogens (primary N) is 1. The van der Waals surface area contributed by atoms with Gasteiger partial charge in [0.15, 0.2) is 5.13 Å². The summed E-state index contributed by atoms with van der Waals surface area (Å²) in [4.78, 5) is 8.26. The molecule has 3 nitrogen and oxygen atoms in total. The van der Waals surface area contributed by atoms with E-state index in [-0.39, 0.29) is 0 Å². The number of anilines is 1. The van der Waals surface area contributed by atoms with Crippen LogP contribution in [0.5, 0.6) is 0 Å². The lowest BCUT2D eigenvalue weighted by atomic mass is 10.3. The summed E-state index contributed by atoms with van der Waals surface area (Å²) in [6, 6.07) is 1.93. The first-order valence-corrected chi connectivity index (χ1v) is 5.06. The van der Waals surface area contributed by atoms with Gasteiger partial charge in [-0.3, -0.25) is 4.98 Å². The molecule has 0 aliphatic rings. The molecule has 2 N–H and O–H groups in total. The molecular weight excluding hydrogens is 182 g/mol. The third-order valence-corrected chi connectivity index (χ3v) is 2.36. The van der Waals surface area contributed by atoms with Crippen LogP contribution in [-0.2, 0) is 0 Å². The number of nitrogens with zero attached hydrogens (tertiary/aromatic N) is 2. The third kappa shape index (κ3) is 1.95. The molecule has 0 amide bonds. The molecule has 4 heteroatoms. The summed E-state index contributed by atoms with van der Waals surface area (Å²) in [6.07, 6.45) is 1.77. The summed E-state index contributed by atoms with van der Waals surface area (Å²) in [5, 5.41) is 0.608. The van der Waals surface area contributed by atoms with Crippen molar-refractivity contribution in [2.45, 2.75) is 20.8 Å². The lowest BCUT2D eigenvalue weighted by Crippen LogP contribution is -1.83. The fraction of sp³-hybridized carbons (Fsp3) is 0.333. The number of thiazole rings is 1. The van der Waals surface area contributed by atoms with E-state index in [9.17, 15) is 0 Å². The topological polar surface area (TPSA) is 51.8 Å². The lowest BCUT2D eigenvalue weighted by molar-refractivity contribution is 1.22. The molecule has 0 aliphatic heterocycles. The number of hydrogen-bond acceptors (Lipinski definition) is 4. The Balaban J connectivity index is 0.000000396. The number of aryl methyl sites for hydroxylation is 1. The van der Waals surface area contributed by atoms with Crippen molar-refractivity contribution in [3.8, 4) is 0 Å². The second-order valence-electron chi connectivity index (χ2n) is 2.30. The van der Waals surface area contributed by atoms with Gasteiger partial charge in [-0.2, -0.15) is 0 Å². The van der Waals surface area contributed by atoms with E-state index in [2.05, 4.69) is 9.97 Å². The van der Waals surface area contributed by atoms with Crippen molar-refractivity contribution < 1.29 is 0 Å². The summed E-state index contributed by atoms with van der Waals surface area (Å²) in [5.74, 6) is 0. The van der Waals surface area contributed by atoms with Gasteiger partial charge in [0.05, 0.1) is 10.4 Å². The van der Waals surface area contributed by atoms with Gasteiger partial charge in [0.25, 0.3) is 0 Å². The Morgan fingerprint density at radius 1 is 1.38 bits per heavy atom. The van der Waals surface area contributed by atoms with Crippen molar-refractivity contribution in [1.29, 1.82) is 0 Å². The molecule has 2 aromatic rings. The van der Waals surface area contributed by atoms with Gasteiger partial charge in [0.2, 0.25) is 0 Å². The maximum Gasteiger partial charge on any atom is 0.181 e. The first-order valence-electron chi connectivity index (χ1n) is 4.25. The molecule has 2 rings (SSSR count). The van der Waals surface area contributed by atoms with Crippen LogP contribution in [0.3, 0.4) is 0 Å². The maximum atomic E-state index is 5.54. The Kier molecular flexibility index (Phi) is 3.19. The zero-order valence-electron chi connectivity index (χ0n) is 8.03. The van der Waals surface area contributed by atoms with E-state index in [0.29, 0.717) is 5.13 Å². The van der Waals surface area contributed by atoms with E-state index in [1.807, 2.05) is 26.8 Å². The molecule has 0 saturated heterocycles. The monoisotopic (exact) mass is 195 g/mol. The van der Waals surface area contributed by atoms with Crippen LogP contribution < -0.4 is 5.73 Å². The summed E-state index contributed by atoms with van der Waals surface area (Å²) in [6.45, 7) is 5.93. The first kappa shape index (κ1) is 9.92. The average molecular weight is 195 g/mol. The summed E-state index contributed by atoms with van der Waals surface area (Å²) in [7, 11) is 0. The Morgan fingerprint density at radius 3 is 2.69 bits per heavy atom. The molecule has 0 bridgehead atoms. The fourth-order valence-electron chi connectivity index (χ4n) is 0.999. The van der Waals surface area contributed by atoms with E-state index in [0.717, 1.165) is 15.9 Å². The second kappa shape index (κ2) is 4.18. The number of fused-ring (bicyclic) bond motifs is 1. The van der Waals surface area contributed by atoms with E-state index in [4.69, 9.17) is 5.73 Å². The SMILES string of the molecule is CC.Cc1nccc2sc(N)nc12. The maximum absolute atomic E-state index is 5.54. The Bertz CT molecular complexity index is 395. The van der Waals surface area contributed by atoms with Crippen LogP contribution in [0.15, 0.2) is 12.3 Å². The van der Waals surface area contributed by atoms with E-state index in [1.54, 1.807) is 6.20 Å². The van der Waals surface area contributed by atoms with Gasteiger partial charge in [0.1, 0.15) is 5.52 Å². The van der Waals surface area contributed by atoms with Crippen molar-refractivity contribution in [2.75, 3.05) is 5.73 Å². The minimum Gasteiger partial charge on any atom is -0.375 e. The molecule has 0 saturated carbocycles. The molecule has 0 fully saturated rings. The van der Waals surface area contributed by atoms with Gasteiger partial charge in [-0.15, -0.1) is 0 Å². The number of aromatic nitrogens is 2. The van der Waals surface area contributed by atoms with E-state index in [1.165, 1.54) is 11.3 Å². The van der Waals surface area contributed by atoms with Crippen molar-refractivity contribution in [1.82, 2.24) is 9.97 Å². The Morgan fingerprint density at radius 2 is 2.08 bits per heavy atom. The fourth-order valence-corrected chi connectivity index (χ4v) is 1.78. The van der Waals surface area contributed by atoms with Crippen LogP contribution in [-0.4, -0.2) is 9.97 Å². The largest absolute Gasteiger partial charge is 0.375 e. The van der Waals surface area contributed by atoms with Crippen LogP contribution in [0, 0.1) is 6.92 Å².